The van der Waals surface area contributed by atoms with E-state index in [-0.39, 0.29) is 11.8 Å². The number of likely N-dealkylation sites (tertiary alicyclic amines) is 1. The molecule has 2 rings (SSSR count). The maximum atomic E-state index is 13.1. The Hall–Kier alpha value is -1.84. The molecule has 23 heavy (non-hydrogen) atoms. The number of carboxylic acids is 1. The molecule has 0 bridgehead atoms. The molecule has 1 amide bonds. The van der Waals surface area contributed by atoms with Crippen molar-refractivity contribution in [3.63, 3.8) is 0 Å². The summed E-state index contributed by atoms with van der Waals surface area (Å²) < 4.78 is 0. The highest BCUT2D eigenvalue weighted by Gasteiger charge is 2.50. The molecule has 1 aromatic rings. The largest absolute Gasteiger partial charge is 0.481 e. The van der Waals surface area contributed by atoms with Crippen LogP contribution in [-0.2, 0) is 15.0 Å². The Morgan fingerprint density at radius 3 is 2.35 bits per heavy atom. The number of hydrogen-bond acceptors (Lipinski definition) is 2. The molecule has 0 aromatic heterocycles. The Labute approximate surface area is 138 Å². The first-order valence-electron chi connectivity index (χ1n) is 8.22. The molecular formula is C19H27NO3. The summed E-state index contributed by atoms with van der Waals surface area (Å²) in [5, 5.41) is 9.66. The number of hydrogen-bond donors (Lipinski definition) is 1. The second kappa shape index (κ2) is 5.99. The number of carboxylic acid groups (broad SMARTS) is 1. The van der Waals surface area contributed by atoms with E-state index in [1.54, 1.807) is 4.90 Å². The molecular weight excluding hydrogens is 290 g/mol. The molecule has 4 heteroatoms. The number of aliphatic carboxylic acids is 1. The van der Waals surface area contributed by atoms with E-state index in [4.69, 9.17) is 0 Å². The molecule has 1 aromatic carbocycles. The van der Waals surface area contributed by atoms with E-state index in [0.717, 1.165) is 11.1 Å². The summed E-state index contributed by atoms with van der Waals surface area (Å²) in [4.78, 5) is 26.6. The first kappa shape index (κ1) is 17.5. The lowest BCUT2D eigenvalue weighted by Crippen LogP contribution is -2.46. The van der Waals surface area contributed by atoms with Gasteiger partial charge < -0.3 is 10.0 Å². The molecule has 1 N–H and O–H groups in total. The van der Waals surface area contributed by atoms with Crippen LogP contribution in [0.2, 0.25) is 0 Å². The van der Waals surface area contributed by atoms with Gasteiger partial charge in [-0.05, 0) is 44.2 Å². The third-order valence-corrected chi connectivity index (χ3v) is 5.47. The number of benzene rings is 1. The van der Waals surface area contributed by atoms with Crippen molar-refractivity contribution >= 4 is 11.9 Å². The van der Waals surface area contributed by atoms with Crippen molar-refractivity contribution in [1.29, 1.82) is 0 Å². The fourth-order valence-corrected chi connectivity index (χ4v) is 3.68. The molecule has 4 nitrogen and oxygen atoms in total. The van der Waals surface area contributed by atoms with Gasteiger partial charge in [0.15, 0.2) is 0 Å². The summed E-state index contributed by atoms with van der Waals surface area (Å²) in [6.45, 7) is 10.5. The van der Waals surface area contributed by atoms with Crippen LogP contribution in [-0.4, -0.2) is 35.0 Å². The lowest BCUT2D eigenvalue weighted by Gasteiger charge is -2.33. The van der Waals surface area contributed by atoms with E-state index in [1.807, 2.05) is 58.9 Å². The fraction of sp³-hybridized carbons (Fsp3) is 0.579. The molecule has 1 saturated heterocycles. The Morgan fingerprint density at radius 1 is 1.26 bits per heavy atom. The van der Waals surface area contributed by atoms with Crippen LogP contribution >= 0.6 is 0 Å². The maximum absolute atomic E-state index is 13.1. The van der Waals surface area contributed by atoms with Gasteiger partial charge in [0.25, 0.3) is 0 Å². The van der Waals surface area contributed by atoms with Crippen LogP contribution < -0.4 is 0 Å². The first-order valence-corrected chi connectivity index (χ1v) is 8.22. The van der Waals surface area contributed by atoms with Gasteiger partial charge in [0.1, 0.15) is 0 Å². The van der Waals surface area contributed by atoms with Crippen molar-refractivity contribution in [3.8, 4) is 0 Å². The van der Waals surface area contributed by atoms with E-state index in [1.165, 1.54) is 0 Å². The summed E-state index contributed by atoms with van der Waals surface area (Å²) in [6, 6.07) is 7.89. The summed E-state index contributed by atoms with van der Waals surface area (Å²) in [5.74, 6) is -0.786. The second-order valence-electron chi connectivity index (χ2n) is 7.53. The number of nitrogens with zero attached hydrogens (tertiary/aromatic N) is 1. The number of carbonyl (C=O) groups is 2. The quantitative estimate of drug-likeness (QED) is 0.927. The van der Waals surface area contributed by atoms with Gasteiger partial charge in [-0.1, -0.05) is 38.1 Å². The minimum Gasteiger partial charge on any atom is -0.481 e. The number of carbonyl (C=O) groups excluding carboxylic acids is 1. The first-order chi connectivity index (χ1) is 10.6. The van der Waals surface area contributed by atoms with Crippen molar-refractivity contribution < 1.29 is 14.7 Å². The third-order valence-electron chi connectivity index (χ3n) is 5.47. The predicted octanol–water partition coefficient (Wildman–Crippen LogP) is 3.23. The van der Waals surface area contributed by atoms with Gasteiger partial charge in [-0.2, -0.15) is 0 Å². The SMILES string of the molecule is Cc1ccccc1C(C)(C)C(=O)N1CCC(C(=O)O)(C(C)C)C1. The van der Waals surface area contributed by atoms with E-state index in [0.29, 0.717) is 19.5 Å². The molecule has 1 aliphatic heterocycles. The van der Waals surface area contributed by atoms with Crippen LogP contribution in [0.3, 0.4) is 0 Å². The normalized spacial score (nSPS) is 21.7. The van der Waals surface area contributed by atoms with E-state index in [9.17, 15) is 14.7 Å². The van der Waals surface area contributed by atoms with Crippen molar-refractivity contribution in [2.24, 2.45) is 11.3 Å². The fourth-order valence-electron chi connectivity index (χ4n) is 3.68. The smallest absolute Gasteiger partial charge is 0.311 e. The van der Waals surface area contributed by atoms with Crippen LogP contribution in [0.4, 0.5) is 0 Å². The summed E-state index contributed by atoms with van der Waals surface area (Å²) in [7, 11) is 0. The Morgan fingerprint density at radius 2 is 1.87 bits per heavy atom. The van der Waals surface area contributed by atoms with Crippen molar-refractivity contribution in [1.82, 2.24) is 4.90 Å². The minimum atomic E-state index is -0.822. The van der Waals surface area contributed by atoms with Gasteiger partial charge in [0.05, 0.1) is 10.8 Å². The zero-order chi connectivity index (χ0) is 17.4. The lowest BCUT2D eigenvalue weighted by atomic mass is 9.76. The van der Waals surface area contributed by atoms with Crippen LogP contribution in [0.5, 0.6) is 0 Å². The Kier molecular flexibility index (Phi) is 4.56. The summed E-state index contributed by atoms with van der Waals surface area (Å²) in [6.07, 6.45) is 0.523. The van der Waals surface area contributed by atoms with Crippen molar-refractivity contribution in [3.05, 3.63) is 35.4 Å². The van der Waals surface area contributed by atoms with Crippen LogP contribution in [0.25, 0.3) is 0 Å². The van der Waals surface area contributed by atoms with E-state index >= 15 is 0 Å². The molecule has 0 radical (unpaired) electrons. The Bertz CT molecular complexity index is 621. The van der Waals surface area contributed by atoms with Gasteiger partial charge in [0.2, 0.25) is 5.91 Å². The van der Waals surface area contributed by atoms with E-state index in [2.05, 4.69) is 0 Å². The van der Waals surface area contributed by atoms with Gasteiger partial charge in [-0.25, -0.2) is 0 Å². The topological polar surface area (TPSA) is 57.6 Å². The average Bonchev–Trinajstić information content (AvgIpc) is 2.93. The molecule has 0 aliphatic carbocycles. The maximum Gasteiger partial charge on any atom is 0.311 e. The summed E-state index contributed by atoms with van der Waals surface area (Å²) in [5.41, 5.74) is 0.606. The summed E-state index contributed by atoms with van der Waals surface area (Å²) >= 11 is 0. The zero-order valence-electron chi connectivity index (χ0n) is 14.7. The molecule has 1 unspecified atom stereocenters. The van der Waals surface area contributed by atoms with Gasteiger partial charge in [-0.15, -0.1) is 0 Å². The van der Waals surface area contributed by atoms with Crippen LogP contribution in [0.15, 0.2) is 24.3 Å². The number of aryl methyl sites for hydroxylation is 1. The highest BCUT2D eigenvalue weighted by molar-refractivity contribution is 5.89. The minimum absolute atomic E-state index is 0.000580. The average molecular weight is 317 g/mol. The van der Waals surface area contributed by atoms with E-state index < -0.39 is 16.8 Å². The molecule has 126 valence electrons. The number of amides is 1. The zero-order valence-corrected chi connectivity index (χ0v) is 14.7. The van der Waals surface area contributed by atoms with Crippen molar-refractivity contribution in [2.75, 3.05) is 13.1 Å². The monoisotopic (exact) mass is 317 g/mol. The van der Waals surface area contributed by atoms with Gasteiger partial charge in [0, 0.05) is 13.1 Å². The molecule has 0 saturated carbocycles. The molecule has 0 spiro atoms. The van der Waals surface area contributed by atoms with Crippen LogP contribution in [0, 0.1) is 18.3 Å². The third kappa shape index (κ3) is 2.87. The predicted molar refractivity (Wildman–Crippen MR) is 90.3 cm³/mol. The Balaban J connectivity index is 2.28. The van der Waals surface area contributed by atoms with Crippen LogP contribution in [0.1, 0.15) is 45.2 Å². The standard InChI is InChI=1S/C19H27NO3/c1-13(2)19(17(22)23)10-11-20(12-19)16(21)18(4,5)15-9-7-6-8-14(15)3/h6-9,13H,10-12H2,1-5H3,(H,22,23). The number of rotatable bonds is 4. The second-order valence-corrected chi connectivity index (χ2v) is 7.53. The highest BCUT2D eigenvalue weighted by atomic mass is 16.4. The van der Waals surface area contributed by atoms with Gasteiger partial charge in [-0.3, -0.25) is 9.59 Å². The molecule has 1 heterocycles. The molecule has 1 fully saturated rings. The molecule has 1 aliphatic rings. The van der Waals surface area contributed by atoms with Crippen molar-refractivity contribution in [2.45, 2.75) is 46.5 Å². The highest BCUT2D eigenvalue weighted by Crippen LogP contribution is 2.40. The van der Waals surface area contributed by atoms with Gasteiger partial charge >= 0.3 is 5.97 Å². The lowest BCUT2D eigenvalue weighted by molar-refractivity contribution is -0.151. The molecule has 1 atom stereocenters.